The van der Waals surface area contributed by atoms with E-state index in [1.807, 2.05) is 18.2 Å². The third-order valence-corrected chi connectivity index (χ3v) is 5.74. The number of halogens is 2. The molecule has 0 fully saturated rings. The molecule has 4 rings (SSSR count). The lowest BCUT2D eigenvalue weighted by atomic mass is 9.99. The third-order valence-electron chi connectivity index (χ3n) is 5.51. The van der Waals surface area contributed by atoms with E-state index < -0.39 is 0 Å². The van der Waals surface area contributed by atoms with E-state index in [1.165, 1.54) is 34.3 Å². The second-order valence-electron chi connectivity index (χ2n) is 7.12. The Hall–Kier alpha value is -2.10. The normalized spacial score (nSPS) is 18.3. The van der Waals surface area contributed by atoms with Crippen LogP contribution in [0.25, 0.3) is 22.7 Å². The summed E-state index contributed by atoms with van der Waals surface area (Å²) in [7, 11) is 2.17. The van der Waals surface area contributed by atoms with Gasteiger partial charge in [-0.05, 0) is 74.3 Å². The van der Waals surface area contributed by atoms with Crippen LogP contribution in [-0.2, 0) is 6.42 Å². The number of hydrogen-bond donors (Lipinski definition) is 0. The molecule has 0 N–H and O–H groups in total. The smallest absolute Gasteiger partial charge is 0.123 e. The maximum absolute atomic E-state index is 13.3. The third kappa shape index (κ3) is 2.85. The second kappa shape index (κ2) is 6.57. The molecule has 0 aliphatic carbocycles. The molecule has 2 heterocycles. The van der Waals surface area contributed by atoms with Gasteiger partial charge in [-0.15, -0.1) is 0 Å². The summed E-state index contributed by atoms with van der Waals surface area (Å²) < 4.78 is 15.5. The number of hydrogen-bond acceptors (Lipinski definition) is 1. The van der Waals surface area contributed by atoms with E-state index in [-0.39, 0.29) is 5.82 Å². The zero-order chi connectivity index (χ0) is 18.4. The lowest BCUT2D eigenvalue weighted by Gasteiger charge is -2.31. The summed E-state index contributed by atoms with van der Waals surface area (Å²) in [6, 6.07) is 13.1. The Balaban J connectivity index is 1.94. The van der Waals surface area contributed by atoms with Crippen LogP contribution in [0.4, 0.5) is 4.39 Å². The molecule has 0 saturated heterocycles. The fourth-order valence-electron chi connectivity index (χ4n) is 3.90. The van der Waals surface area contributed by atoms with E-state index >= 15 is 0 Å². The molecule has 134 valence electrons. The van der Waals surface area contributed by atoms with Crippen LogP contribution in [0.5, 0.6) is 0 Å². The van der Waals surface area contributed by atoms with Gasteiger partial charge < -0.3 is 4.57 Å². The number of likely N-dealkylation sites (N-methyl/N-ethyl adjacent to an activating group) is 1. The molecule has 1 aromatic heterocycles. The Morgan fingerprint density at radius 1 is 1.19 bits per heavy atom. The van der Waals surface area contributed by atoms with Crippen LogP contribution in [0.3, 0.4) is 0 Å². The topological polar surface area (TPSA) is 8.17 Å². The van der Waals surface area contributed by atoms with Crippen molar-refractivity contribution >= 4 is 34.3 Å². The van der Waals surface area contributed by atoms with Crippen LogP contribution in [0.15, 0.2) is 42.5 Å². The van der Waals surface area contributed by atoms with Crippen LogP contribution >= 0.6 is 11.6 Å². The number of allylic oxidation sites excluding steroid dienone is 1. The van der Waals surface area contributed by atoms with Gasteiger partial charge >= 0.3 is 0 Å². The van der Waals surface area contributed by atoms with Gasteiger partial charge in [0.2, 0.25) is 0 Å². The first-order valence-corrected chi connectivity index (χ1v) is 9.30. The first-order chi connectivity index (χ1) is 12.5. The van der Waals surface area contributed by atoms with Crippen molar-refractivity contribution < 1.29 is 4.39 Å². The molecule has 0 saturated carbocycles. The molecule has 1 atom stereocenters. The van der Waals surface area contributed by atoms with Gasteiger partial charge in [-0.1, -0.05) is 23.7 Å². The van der Waals surface area contributed by atoms with Crippen molar-refractivity contribution in [2.75, 3.05) is 13.6 Å². The molecule has 2 aromatic carbocycles. The number of benzene rings is 2. The molecule has 26 heavy (non-hydrogen) atoms. The second-order valence-corrected chi connectivity index (χ2v) is 7.56. The van der Waals surface area contributed by atoms with E-state index in [1.54, 1.807) is 0 Å². The van der Waals surface area contributed by atoms with Gasteiger partial charge in [-0.25, -0.2) is 4.39 Å². The average molecular weight is 369 g/mol. The van der Waals surface area contributed by atoms with Gasteiger partial charge in [0.1, 0.15) is 5.82 Å². The van der Waals surface area contributed by atoms with Crippen LogP contribution < -0.4 is 0 Å². The Labute approximate surface area is 158 Å². The largest absolute Gasteiger partial charge is 0.318 e. The van der Waals surface area contributed by atoms with Crippen molar-refractivity contribution in [3.63, 3.8) is 0 Å². The van der Waals surface area contributed by atoms with Gasteiger partial charge in [-0.3, -0.25) is 4.90 Å². The summed E-state index contributed by atoms with van der Waals surface area (Å²) in [5.41, 5.74) is 5.99. The maximum atomic E-state index is 13.3. The fourth-order valence-corrected chi connectivity index (χ4v) is 4.07. The Kier molecular flexibility index (Phi) is 4.37. The molecule has 2 nitrogen and oxygen atoms in total. The summed E-state index contributed by atoms with van der Waals surface area (Å²) >= 11 is 6.28. The van der Waals surface area contributed by atoms with Crippen LogP contribution in [0, 0.1) is 5.82 Å². The lowest BCUT2D eigenvalue weighted by Crippen LogP contribution is -2.31. The minimum atomic E-state index is -0.213. The summed E-state index contributed by atoms with van der Waals surface area (Å²) in [5, 5.41) is 2.00. The molecule has 1 aliphatic rings. The quantitative estimate of drug-likeness (QED) is 0.538. The van der Waals surface area contributed by atoms with Gasteiger partial charge in [0.25, 0.3) is 0 Å². The van der Waals surface area contributed by atoms with Gasteiger partial charge in [-0.2, -0.15) is 0 Å². The predicted octanol–water partition coefficient (Wildman–Crippen LogP) is 6.00. The monoisotopic (exact) mass is 368 g/mol. The minimum absolute atomic E-state index is 0.213. The van der Waals surface area contributed by atoms with E-state index in [9.17, 15) is 4.39 Å². The predicted molar refractivity (Wildman–Crippen MR) is 108 cm³/mol. The van der Waals surface area contributed by atoms with Gasteiger partial charge in [0, 0.05) is 34.9 Å². The van der Waals surface area contributed by atoms with Crippen LogP contribution in [0.2, 0.25) is 5.02 Å². The van der Waals surface area contributed by atoms with E-state index in [0.717, 1.165) is 29.1 Å². The number of nitrogens with zero attached hydrogens (tertiary/aromatic N) is 2. The lowest BCUT2D eigenvalue weighted by molar-refractivity contribution is 0.242. The molecule has 0 radical (unpaired) electrons. The summed E-state index contributed by atoms with van der Waals surface area (Å²) in [4.78, 5) is 2.38. The Morgan fingerprint density at radius 3 is 2.65 bits per heavy atom. The van der Waals surface area contributed by atoms with Crippen molar-refractivity contribution in [2.24, 2.45) is 0 Å². The molecule has 3 aromatic rings. The van der Waals surface area contributed by atoms with Crippen molar-refractivity contribution in [2.45, 2.75) is 26.3 Å². The zero-order valence-corrected chi connectivity index (χ0v) is 16.0. The average Bonchev–Trinajstić information content (AvgIpc) is 2.92. The molecule has 1 unspecified atom stereocenters. The zero-order valence-electron chi connectivity index (χ0n) is 15.3. The highest BCUT2D eigenvalue weighted by molar-refractivity contribution is 6.31. The first kappa shape index (κ1) is 17.3. The Morgan fingerprint density at radius 2 is 1.92 bits per heavy atom. The minimum Gasteiger partial charge on any atom is -0.318 e. The fraction of sp³-hybridized carbons (Fsp3) is 0.273. The molecule has 0 amide bonds. The van der Waals surface area contributed by atoms with E-state index in [0.29, 0.717) is 6.04 Å². The van der Waals surface area contributed by atoms with Gasteiger partial charge in [0.15, 0.2) is 0 Å². The van der Waals surface area contributed by atoms with Crippen LogP contribution in [0.1, 0.15) is 36.7 Å². The SMILES string of the molecule is CC(=Cn1c2c(c3cc(Cl)ccc31)CCN(C)C2C)c1ccc(F)cc1. The number of aromatic nitrogens is 1. The van der Waals surface area contributed by atoms with Crippen molar-refractivity contribution in [1.29, 1.82) is 0 Å². The highest BCUT2D eigenvalue weighted by Gasteiger charge is 2.27. The summed E-state index contributed by atoms with van der Waals surface area (Å²) in [5.74, 6) is -0.213. The molecular formula is C22H22ClFN2. The molecule has 0 spiro atoms. The highest BCUT2D eigenvalue weighted by atomic mass is 35.5. The molecule has 4 heteroatoms. The Bertz CT molecular complexity index is 1000. The van der Waals surface area contributed by atoms with Crippen molar-refractivity contribution in [3.05, 3.63) is 70.1 Å². The van der Waals surface area contributed by atoms with Gasteiger partial charge in [0.05, 0.1) is 5.52 Å². The maximum Gasteiger partial charge on any atom is 0.123 e. The molecule has 1 aliphatic heterocycles. The van der Waals surface area contributed by atoms with Crippen molar-refractivity contribution in [3.8, 4) is 0 Å². The molecule has 0 bridgehead atoms. The van der Waals surface area contributed by atoms with Crippen molar-refractivity contribution in [1.82, 2.24) is 9.47 Å². The number of rotatable bonds is 2. The van der Waals surface area contributed by atoms with E-state index in [4.69, 9.17) is 11.6 Å². The van der Waals surface area contributed by atoms with Crippen LogP contribution in [-0.4, -0.2) is 23.1 Å². The van der Waals surface area contributed by atoms with E-state index in [2.05, 4.69) is 48.7 Å². The molecular weight excluding hydrogens is 347 g/mol. The highest BCUT2D eigenvalue weighted by Crippen LogP contribution is 2.38. The summed E-state index contributed by atoms with van der Waals surface area (Å²) in [6.07, 6.45) is 3.18. The number of fused-ring (bicyclic) bond motifs is 3. The first-order valence-electron chi connectivity index (χ1n) is 8.92. The summed E-state index contributed by atoms with van der Waals surface area (Å²) in [6.45, 7) is 5.36. The standard InChI is InChI=1S/C22H22ClFN2/c1-14(16-4-7-18(24)8-5-16)13-26-21-9-6-17(23)12-20(21)19-10-11-25(3)15(2)22(19)26/h4-9,12-13,15H,10-11H2,1-3H3.